The first kappa shape index (κ1) is 24.4. The highest BCUT2D eigenvalue weighted by atomic mass is 127. The van der Waals surface area contributed by atoms with Gasteiger partial charge in [0.2, 0.25) is 0 Å². The largest absolute Gasteiger partial charge is 0.466 e. The fraction of sp³-hybridized carbons (Fsp3) is 0.889. The number of nitrogens with one attached hydrogen (secondary N) is 2. The van der Waals surface area contributed by atoms with Gasteiger partial charge in [0.25, 0.3) is 0 Å². The van der Waals surface area contributed by atoms with Gasteiger partial charge in [0.1, 0.15) is 0 Å². The minimum absolute atomic E-state index is 0. The molecule has 2 N–H and O–H groups in total. The lowest BCUT2D eigenvalue weighted by Gasteiger charge is -2.40. The van der Waals surface area contributed by atoms with Crippen molar-refractivity contribution < 1.29 is 14.3 Å². The lowest BCUT2D eigenvalue weighted by atomic mass is 9.78. The molecule has 25 heavy (non-hydrogen) atoms. The molecule has 2 unspecified atom stereocenters. The van der Waals surface area contributed by atoms with Crippen molar-refractivity contribution in [3.8, 4) is 0 Å². The van der Waals surface area contributed by atoms with Crippen molar-refractivity contribution >= 4 is 35.9 Å². The molecule has 0 amide bonds. The molecule has 0 aromatic rings. The summed E-state index contributed by atoms with van der Waals surface area (Å²) in [7, 11) is 1.76. The van der Waals surface area contributed by atoms with Gasteiger partial charge in [-0.05, 0) is 31.6 Å². The van der Waals surface area contributed by atoms with Crippen LogP contribution < -0.4 is 10.6 Å². The lowest BCUT2D eigenvalue weighted by molar-refractivity contribution is -0.143. The molecule has 1 aliphatic heterocycles. The van der Waals surface area contributed by atoms with Crippen molar-refractivity contribution in [2.45, 2.75) is 59.5 Å². The normalized spacial score (nSPS) is 21.2. The van der Waals surface area contributed by atoms with Gasteiger partial charge in [0.05, 0.1) is 12.7 Å². The van der Waals surface area contributed by atoms with Crippen LogP contribution in [0.4, 0.5) is 0 Å². The van der Waals surface area contributed by atoms with Crippen LogP contribution in [-0.4, -0.2) is 51.4 Å². The summed E-state index contributed by atoms with van der Waals surface area (Å²) in [5.74, 6) is 1.11. The van der Waals surface area contributed by atoms with Gasteiger partial charge in [-0.3, -0.25) is 9.79 Å². The van der Waals surface area contributed by atoms with Crippen molar-refractivity contribution in [1.82, 2.24) is 10.6 Å². The molecule has 0 radical (unpaired) electrons. The average Bonchev–Trinajstić information content (AvgIpc) is 2.54. The number of hydrogen-bond donors (Lipinski definition) is 2. The van der Waals surface area contributed by atoms with Crippen LogP contribution >= 0.6 is 24.0 Å². The second-order valence-corrected chi connectivity index (χ2v) is 7.35. The second-order valence-electron chi connectivity index (χ2n) is 7.35. The molecule has 1 aliphatic rings. The fourth-order valence-electron chi connectivity index (χ4n) is 3.13. The predicted octanol–water partition coefficient (Wildman–Crippen LogP) is 2.95. The van der Waals surface area contributed by atoms with Gasteiger partial charge in [-0.15, -0.1) is 24.0 Å². The maximum atomic E-state index is 11.3. The number of ether oxygens (including phenoxy) is 2. The topological polar surface area (TPSA) is 72.0 Å². The quantitative estimate of drug-likeness (QED) is 0.197. The maximum Gasteiger partial charge on any atom is 0.305 e. The Kier molecular flexibility index (Phi) is 12.4. The van der Waals surface area contributed by atoms with E-state index >= 15 is 0 Å². The second kappa shape index (κ2) is 12.7. The monoisotopic (exact) mass is 469 g/mol. The number of aliphatic imine (C=N–C) groups is 1. The van der Waals surface area contributed by atoms with Crippen LogP contribution in [0.5, 0.6) is 0 Å². The molecule has 0 saturated carbocycles. The molecule has 148 valence electrons. The van der Waals surface area contributed by atoms with Crippen LogP contribution in [0.15, 0.2) is 4.99 Å². The van der Waals surface area contributed by atoms with Crippen LogP contribution in [0.3, 0.4) is 0 Å². The van der Waals surface area contributed by atoms with E-state index in [9.17, 15) is 4.79 Å². The highest BCUT2D eigenvalue weighted by Gasteiger charge is 2.35. The van der Waals surface area contributed by atoms with E-state index in [4.69, 9.17) is 9.47 Å². The predicted molar refractivity (Wildman–Crippen MR) is 113 cm³/mol. The Morgan fingerprint density at radius 3 is 2.64 bits per heavy atom. The molecule has 1 saturated heterocycles. The molecule has 7 heteroatoms. The maximum absolute atomic E-state index is 11.3. The summed E-state index contributed by atoms with van der Waals surface area (Å²) >= 11 is 0. The summed E-state index contributed by atoms with van der Waals surface area (Å²) in [5, 5.41) is 6.65. The first-order valence-electron chi connectivity index (χ1n) is 9.10. The molecule has 6 nitrogen and oxygen atoms in total. The van der Waals surface area contributed by atoms with Crippen molar-refractivity contribution in [3.63, 3.8) is 0 Å². The standard InChI is InChI=1S/C18H35N3O3.HI/c1-6-23-15(22)10-7-11-20-17(19-5)21-13-14-9-8-12-24-16(14)18(2,3)4;/h14,16H,6-13H2,1-5H3,(H2,19,20,21);1H. The molecule has 1 rings (SSSR count). The zero-order chi connectivity index (χ0) is 18.0. The Balaban J connectivity index is 0.00000576. The average molecular weight is 469 g/mol. The lowest BCUT2D eigenvalue weighted by Crippen LogP contribution is -2.47. The van der Waals surface area contributed by atoms with Crippen LogP contribution in [0.25, 0.3) is 0 Å². The number of guanidine groups is 1. The van der Waals surface area contributed by atoms with Gasteiger partial charge >= 0.3 is 5.97 Å². The zero-order valence-electron chi connectivity index (χ0n) is 16.4. The summed E-state index contributed by atoms with van der Waals surface area (Å²) < 4.78 is 10.9. The van der Waals surface area contributed by atoms with Crippen molar-refractivity contribution in [2.75, 3.05) is 33.4 Å². The van der Waals surface area contributed by atoms with E-state index in [1.54, 1.807) is 7.05 Å². The van der Waals surface area contributed by atoms with Gasteiger partial charge in [0.15, 0.2) is 5.96 Å². The third kappa shape index (κ3) is 9.63. The number of carbonyl (C=O) groups excluding carboxylic acids is 1. The zero-order valence-corrected chi connectivity index (χ0v) is 18.7. The number of esters is 1. The fourth-order valence-corrected chi connectivity index (χ4v) is 3.13. The van der Waals surface area contributed by atoms with E-state index in [0.29, 0.717) is 25.5 Å². The van der Waals surface area contributed by atoms with E-state index < -0.39 is 0 Å². The summed E-state index contributed by atoms with van der Waals surface area (Å²) in [6.45, 7) is 11.4. The molecule has 0 aliphatic carbocycles. The summed E-state index contributed by atoms with van der Waals surface area (Å²) in [5.41, 5.74) is 0.142. The van der Waals surface area contributed by atoms with E-state index in [0.717, 1.165) is 32.0 Å². The van der Waals surface area contributed by atoms with Crippen molar-refractivity contribution in [1.29, 1.82) is 0 Å². The van der Waals surface area contributed by atoms with Gasteiger partial charge < -0.3 is 20.1 Å². The highest BCUT2D eigenvalue weighted by molar-refractivity contribution is 14.0. The Bertz CT molecular complexity index is 411. The SMILES string of the molecule is CCOC(=O)CCCNC(=NC)NCC1CCCOC1C(C)(C)C.I. The molecule has 2 atom stereocenters. The summed E-state index contributed by atoms with van der Waals surface area (Å²) in [6.07, 6.45) is 3.72. The molecular weight excluding hydrogens is 433 g/mol. The molecule has 1 fully saturated rings. The third-order valence-corrected chi connectivity index (χ3v) is 4.21. The van der Waals surface area contributed by atoms with Crippen molar-refractivity contribution in [3.05, 3.63) is 0 Å². The van der Waals surface area contributed by atoms with Gasteiger partial charge in [0, 0.05) is 39.1 Å². The van der Waals surface area contributed by atoms with E-state index in [1.165, 1.54) is 6.42 Å². The third-order valence-electron chi connectivity index (χ3n) is 4.21. The summed E-state index contributed by atoms with van der Waals surface area (Å²) in [4.78, 5) is 15.6. The molecule has 0 aromatic heterocycles. The Hall–Kier alpha value is -0.570. The number of hydrogen-bond acceptors (Lipinski definition) is 4. The van der Waals surface area contributed by atoms with Gasteiger partial charge in [-0.25, -0.2) is 0 Å². The van der Waals surface area contributed by atoms with Crippen LogP contribution in [0, 0.1) is 11.3 Å². The van der Waals surface area contributed by atoms with Crippen LogP contribution in [-0.2, 0) is 14.3 Å². The van der Waals surface area contributed by atoms with Gasteiger partial charge in [-0.2, -0.15) is 0 Å². The van der Waals surface area contributed by atoms with E-state index in [1.807, 2.05) is 6.92 Å². The smallest absolute Gasteiger partial charge is 0.305 e. The highest BCUT2D eigenvalue weighted by Crippen LogP contribution is 2.33. The minimum atomic E-state index is -0.144. The molecule has 0 aromatic carbocycles. The number of carbonyl (C=O) groups is 1. The Labute approximate surface area is 169 Å². The number of halogens is 1. The molecular formula is C18H36IN3O3. The van der Waals surface area contributed by atoms with Crippen LogP contribution in [0.2, 0.25) is 0 Å². The van der Waals surface area contributed by atoms with Gasteiger partial charge in [-0.1, -0.05) is 20.8 Å². The van der Waals surface area contributed by atoms with E-state index in [-0.39, 0.29) is 41.5 Å². The van der Waals surface area contributed by atoms with Crippen LogP contribution in [0.1, 0.15) is 53.4 Å². The number of nitrogens with zero attached hydrogens (tertiary/aromatic N) is 1. The van der Waals surface area contributed by atoms with Crippen molar-refractivity contribution in [2.24, 2.45) is 16.3 Å². The Morgan fingerprint density at radius 2 is 2.04 bits per heavy atom. The first-order valence-corrected chi connectivity index (χ1v) is 9.10. The number of rotatable bonds is 7. The first-order chi connectivity index (χ1) is 11.4. The molecule has 0 spiro atoms. The Morgan fingerprint density at radius 1 is 1.32 bits per heavy atom. The summed E-state index contributed by atoms with van der Waals surface area (Å²) in [6, 6.07) is 0. The van der Waals surface area contributed by atoms with E-state index in [2.05, 4.69) is 36.4 Å². The minimum Gasteiger partial charge on any atom is -0.466 e. The molecule has 1 heterocycles. The molecule has 0 bridgehead atoms.